The molecule has 0 spiro atoms. The van der Waals surface area contributed by atoms with E-state index in [1.165, 1.54) is 30.3 Å². The average molecular weight is 421 g/mol. The third kappa shape index (κ3) is 4.88. The van der Waals surface area contributed by atoms with E-state index in [1.807, 2.05) is 0 Å². The lowest BCUT2D eigenvalue weighted by molar-refractivity contribution is 0.102. The van der Waals surface area contributed by atoms with Gasteiger partial charge in [0.25, 0.3) is 5.91 Å². The standard InChI is InChI=1S/C24H21F2N3O2/c25-19-5-1-4-17(14-19)16-28-12-3-13-29(24(28)31)22-10-8-18(9-11-22)23(30)27-21-7-2-6-20(26)15-21/h1-2,4-11,14-15H,3,12-13,16H2,(H,27,30). The predicted octanol–water partition coefficient (Wildman–Crippen LogP) is 5.05. The van der Waals surface area contributed by atoms with Crippen molar-refractivity contribution in [2.45, 2.75) is 13.0 Å². The molecule has 0 unspecified atom stereocenters. The Morgan fingerprint density at radius 2 is 1.61 bits per heavy atom. The van der Waals surface area contributed by atoms with Crippen LogP contribution in [0.3, 0.4) is 0 Å². The van der Waals surface area contributed by atoms with Crippen molar-refractivity contribution < 1.29 is 18.4 Å². The number of anilines is 2. The maximum atomic E-state index is 13.5. The molecule has 0 aliphatic carbocycles. The predicted molar refractivity (Wildman–Crippen MR) is 115 cm³/mol. The number of nitrogens with zero attached hydrogens (tertiary/aromatic N) is 2. The van der Waals surface area contributed by atoms with Gasteiger partial charge in [0.15, 0.2) is 0 Å². The molecule has 0 atom stereocenters. The molecule has 7 heteroatoms. The van der Waals surface area contributed by atoms with Crippen LogP contribution in [0, 0.1) is 11.6 Å². The number of rotatable bonds is 5. The number of amides is 3. The van der Waals surface area contributed by atoms with Crippen LogP contribution >= 0.6 is 0 Å². The number of hydrogen-bond acceptors (Lipinski definition) is 2. The summed E-state index contributed by atoms with van der Waals surface area (Å²) in [5.41, 5.74) is 2.18. The topological polar surface area (TPSA) is 52.7 Å². The summed E-state index contributed by atoms with van der Waals surface area (Å²) in [5.74, 6) is -1.12. The number of carbonyl (C=O) groups is 2. The summed E-state index contributed by atoms with van der Waals surface area (Å²) in [5, 5.41) is 2.65. The van der Waals surface area contributed by atoms with Gasteiger partial charge in [-0.15, -0.1) is 0 Å². The van der Waals surface area contributed by atoms with Gasteiger partial charge in [0.1, 0.15) is 11.6 Å². The lowest BCUT2D eigenvalue weighted by atomic mass is 10.1. The lowest BCUT2D eigenvalue weighted by Gasteiger charge is -2.35. The quantitative estimate of drug-likeness (QED) is 0.627. The van der Waals surface area contributed by atoms with Crippen LogP contribution in [-0.2, 0) is 6.54 Å². The Bertz CT molecular complexity index is 1100. The fourth-order valence-corrected chi connectivity index (χ4v) is 3.59. The first kappa shape index (κ1) is 20.5. The van der Waals surface area contributed by atoms with E-state index in [0.29, 0.717) is 36.6 Å². The Hall–Kier alpha value is -3.74. The average Bonchev–Trinajstić information content (AvgIpc) is 2.75. The highest BCUT2D eigenvalue weighted by molar-refractivity contribution is 6.04. The molecule has 0 bridgehead atoms. The molecule has 5 nitrogen and oxygen atoms in total. The second-order valence-corrected chi connectivity index (χ2v) is 7.35. The summed E-state index contributed by atoms with van der Waals surface area (Å²) in [6, 6.07) is 18.4. The highest BCUT2D eigenvalue weighted by atomic mass is 19.1. The van der Waals surface area contributed by atoms with Crippen molar-refractivity contribution in [3.63, 3.8) is 0 Å². The van der Waals surface area contributed by atoms with Gasteiger partial charge in [0, 0.05) is 36.6 Å². The van der Waals surface area contributed by atoms with Gasteiger partial charge in [-0.25, -0.2) is 13.6 Å². The molecule has 0 aromatic heterocycles. The second kappa shape index (κ2) is 8.95. The minimum absolute atomic E-state index is 0.160. The van der Waals surface area contributed by atoms with Crippen molar-refractivity contribution in [2.75, 3.05) is 23.3 Å². The van der Waals surface area contributed by atoms with Gasteiger partial charge in [0.05, 0.1) is 0 Å². The van der Waals surface area contributed by atoms with Gasteiger partial charge in [0.2, 0.25) is 0 Å². The van der Waals surface area contributed by atoms with E-state index in [-0.39, 0.29) is 17.8 Å². The molecule has 3 aromatic carbocycles. The van der Waals surface area contributed by atoms with E-state index < -0.39 is 5.82 Å². The Morgan fingerprint density at radius 1 is 0.903 bits per heavy atom. The number of nitrogens with one attached hydrogen (secondary N) is 1. The molecular formula is C24H21F2N3O2. The monoisotopic (exact) mass is 421 g/mol. The first-order valence-corrected chi connectivity index (χ1v) is 9.97. The van der Waals surface area contributed by atoms with Crippen molar-refractivity contribution in [2.24, 2.45) is 0 Å². The molecule has 1 aliphatic rings. The Balaban J connectivity index is 1.44. The second-order valence-electron chi connectivity index (χ2n) is 7.35. The van der Waals surface area contributed by atoms with Crippen LogP contribution in [0.2, 0.25) is 0 Å². The fourth-order valence-electron chi connectivity index (χ4n) is 3.59. The summed E-state index contributed by atoms with van der Waals surface area (Å²) >= 11 is 0. The summed E-state index contributed by atoms with van der Waals surface area (Å²) in [7, 11) is 0. The zero-order valence-electron chi connectivity index (χ0n) is 16.7. The fraction of sp³-hybridized carbons (Fsp3) is 0.167. The van der Waals surface area contributed by atoms with Crippen molar-refractivity contribution in [1.82, 2.24) is 4.90 Å². The van der Waals surface area contributed by atoms with Crippen molar-refractivity contribution in [3.05, 3.63) is 95.6 Å². The molecule has 1 heterocycles. The van der Waals surface area contributed by atoms with E-state index in [0.717, 1.165) is 12.0 Å². The molecule has 1 fully saturated rings. The van der Waals surface area contributed by atoms with Crippen molar-refractivity contribution >= 4 is 23.3 Å². The van der Waals surface area contributed by atoms with Gasteiger partial charge in [-0.05, 0) is 66.6 Å². The van der Waals surface area contributed by atoms with Crippen LogP contribution in [0.25, 0.3) is 0 Å². The van der Waals surface area contributed by atoms with E-state index >= 15 is 0 Å². The van der Waals surface area contributed by atoms with Crippen LogP contribution in [0.4, 0.5) is 25.0 Å². The van der Waals surface area contributed by atoms with E-state index in [9.17, 15) is 18.4 Å². The third-order valence-corrected chi connectivity index (χ3v) is 5.10. The molecule has 3 amide bonds. The highest BCUT2D eigenvalue weighted by Gasteiger charge is 2.27. The van der Waals surface area contributed by atoms with Crippen LogP contribution in [0.5, 0.6) is 0 Å². The van der Waals surface area contributed by atoms with E-state index in [1.54, 1.807) is 52.3 Å². The Kier molecular flexibility index (Phi) is 5.93. The van der Waals surface area contributed by atoms with Crippen molar-refractivity contribution in [1.29, 1.82) is 0 Å². The molecule has 3 aromatic rings. The van der Waals surface area contributed by atoms with Gasteiger partial charge in [-0.2, -0.15) is 0 Å². The van der Waals surface area contributed by atoms with Gasteiger partial charge >= 0.3 is 6.03 Å². The summed E-state index contributed by atoms with van der Waals surface area (Å²) < 4.78 is 26.7. The maximum absolute atomic E-state index is 13.5. The maximum Gasteiger partial charge on any atom is 0.324 e. The molecular weight excluding hydrogens is 400 g/mol. The van der Waals surface area contributed by atoms with E-state index in [2.05, 4.69) is 5.32 Å². The summed E-state index contributed by atoms with van der Waals surface area (Å²) in [6.07, 6.45) is 0.781. The molecule has 0 radical (unpaired) electrons. The molecule has 1 aliphatic heterocycles. The highest BCUT2D eigenvalue weighted by Crippen LogP contribution is 2.23. The van der Waals surface area contributed by atoms with E-state index in [4.69, 9.17) is 0 Å². The van der Waals surface area contributed by atoms with Crippen LogP contribution in [0.15, 0.2) is 72.8 Å². The largest absolute Gasteiger partial charge is 0.324 e. The molecule has 158 valence electrons. The number of benzene rings is 3. The minimum Gasteiger partial charge on any atom is -0.322 e. The molecule has 4 rings (SSSR count). The molecule has 1 N–H and O–H groups in total. The zero-order valence-corrected chi connectivity index (χ0v) is 16.7. The number of hydrogen-bond donors (Lipinski definition) is 1. The first-order valence-electron chi connectivity index (χ1n) is 9.97. The summed E-state index contributed by atoms with van der Waals surface area (Å²) in [4.78, 5) is 28.7. The summed E-state index contributed by atoms with van der Waals surface area (Å²) in [6.45, 7) is 1.49. The number of carbonyl (C=O) groups excluding carboxylic acids is 2. The third-order valence-electron chi connectivity index (χ3n) is 5.10. The minimum atomic E-state index is -0.431. The molecule has 31 heavy (non-hydrogen) atoms. The number of halogens is 2. The smallest absolute Gasteiger partial charge is 0.322 e. The van der Waals surface area contributed by atoms with Gasteiger partial charge < -0.3 is 10.2 Å². The SMILES string of the molecule is O=C(Nc1cccc(F)c1)c1ccc(N2CCCN(Cc3cccc(F)c3)C2=O)cc1. The normalized spacial score (nSPS) is 13.9. The molecule has 1 saturated heterocycles. The van der Waals surface area contributed by atoms with Crippen LogP contribution < -0.4 is 10.2 Å². The van der Waals surface area contributed by atoms with Crippen LogP contribution in [-0.4, -0.2) is 29.9 Å². The lowest BCUT2D eigenvalue weighted by Crippen LogP contribution is -2.49. The first-order chi connectivity index (χ1) is 15.0. The van der Waals surface area contributed by atoms with Crippen LogP contribution in [0.1, 0.15) is 22.3 Å². The number of urea groups is 1. The molecule has 0 saturated carbocycles. The zero-order chi connectivity index (χ0) is 21.8. The van der Waals surface area contributed by atoms with Gasteiger partial charge in [-0.1, -0.05) is 18.2 Å². The Morgan fingerprint density at radius 3 is 2.32 bits per heavy atom. The Labute approximate surface area is 178 Å². The van der Waals surface area contributed by atoms with Crippen molar-refractivity contribution in [3.8, 4) is 0 Å². The van der Waals surface area contributed by atoms with Gasteiger partial charge in [-0.3, -0.25) is 9.69 Å².